The normalized spacial score (nSPS) is 22.5. The molecule has 0 aliphatic carbocycles. The Balaban J connectivity index is 1.34. The molecular weight excluding hydrogens is 500 g/mol. The van der Waals surface area contributed by atoms with E-state index >= 15 is 0 Å². The zero-order chi connectivity index (χ0) is 26.4. The van der Waals surface area contributed by atoms with Gasteiger partial charge in [-0.15, -0.1) is 0 Å². The summed E-state index contributed by atoms with van der Waals surface area (Å²) in [6.45, 7) is 0.613. The van der Waals surface area contributed by atoms with Gasteiger partial charge in [-0.3, -0.25) is 14.9 Å². The summed E-state index contributed by atoms with van der Waals surface area (Å²) in [6.07, 6.45) is 0.678. The number of carbonyl (C=O) groups excluding carboxylic acids is 3. The molecule has 4 amide bonds. The van der Waals surface area contributed by atoms with Gasteiger partial charge in [0.05, 0.1) is 25.7 Å². The average Bonchev–Trinajstić information content (AvgIpc) is 3.38. The van der Waals surface area contributed by atoms with Crippen LogP contribution in [0.15, 0.2) is 47.4 Å². The number of piperidine rings is 1. The Labute approximate surface area is 214 Å². The number of ether oxygens (including phenoxy) is 2. The van der Waals surface area contributed by atoms with E-state index in [9.17, 15) is 22.8 Å². The first-order chi connectivity index (χ1) is 17.7. The summed E-state index contributed by atoms with van der Waals surface area (Å²) in [6, 6.07) is 10.7. The first-order valence-corrected chi connectivity index (χ1v) is 13.4. The topological polar surface area (TPSA) is 134 Å². The van der Waals surface area contributed by atoms with Gasteiger partial charge in [-0.25, -0.2) is 13.2 Å². The monoisotopic (exact) mass is 528 g/mol. The van der Waals surface area contributed by atoms with Crippen LogP contribution in [0.2, 0.25) is 0 Å². The first-order valence-electron chi connectivity index (χ1n) is 11.9. The molecule has 11 nitrogen and oxygen atoms in total. The third-order valence-electron chi connectivity index (χ3n) is 7.45. The fraction of sp³-hybridized carbons (Fsp3) is 0.400. The van der Waals surface area contributed by atoms with Gasteiger partial charge in [0.2, 0.25) is 10.0 Å². The maximum Gasteiger partial charge on any atom is 0.322 e. The molecule has 2 saturated heterocycles. The van der Waals surface area contributed by atoms with E-state index in [2.05, 4.69) is 10.6 Å². The number of sulfonamides is 1. The van der Waals surface area contributed by atoms with Gasteiger partial charge in [0.1, 0.15) is 17.0 Å². The van der Waals surface area contributed by atoms with E-state index in [0.717, 1.165) is 5.56 Å². The SMILES string of the molecule is COc1ccc(S(=O)(=O)N2CCC(C3(CN4Cc5cc(OC)ccc5C4=O)NC(=O)NC3=O)CC2)cc1. The van der Waals surface area contributed by atoms with Crippen LogP contribution in [0.5, 0.6) is 11.5 Å². The van der Waals surface area contributed by atoms with Gasteiger partial charge in [-0.2, -0.15) is 4.31 Å². The largest absolute Gasteiger partial charge is 0.497 e. The van der Waals surface area contributed by atoms with Crippen molar-refractivity contribution in [3.05, 3.63) is 53.6 Å². The lowest BCUT2D eigenvalue weighted by molar-refractivity contribution is -0.127. The quantitative estimate of drug-likeness (QED) is 0.518. The van der Waals surface area contributed by atoms with E-state index in [1.54, 1.807) is 42.3 Å². The van der Waals surface area contributed by atoms with Gasteiger partial charge in [0.25, 0.3) is 11.8 Å². The number of amides is 4. The molecule has 0 aromatic heterocycles. The van der Waals surface area contributed by atoms with Gasteiger partial charge in [-0.1, -0.05) is 0 Å². The molecule has 0 spiro atoms. The van der Waals surface area contributed by atoms with Crippen molar-refractivity contribution >= 4 is 27.9 Å². The van der Waals surface area contributed by atoms with Crippen molar-refractivity contribution in [3.63, 3.8) is 0 Å². The lowest BCUT2D eigenvalue weighted by Gasteiger charge is -2.41. The van der Waals surface area contributed by atoms with Crippen molar-refractivity contribution in [3.8, 4) is 11.5 Å². The van der Waals surface area contributed by atoms with E-state index in [0.29, 0.717) is 29.9 Å². The van der Waals surface area contributed by atoms with Crippen LogP contribution < -0.4 is 20.1 Å². The van der Waals surface area contributed by atoms with Crippen molar-refractivity contribution in [1.82, 2.24) is 19.8 Å². The Morgan fingerprint density at radius 1 is 0.973 bits per heavy atom. The van der Waals surface area contributed by atoms with Crippen LogP contribution in [-0.2, 0) is 21.4 Å². The van der Waals surface area contributed by atoms with Crippen molar-refractivity contribution in [2.24, 2.45) is 5.92 Å². The smallest absolute Gasteiger partial charge is 0.322 e. The van der Waals surface area contributed by atoms with Gasteiger partial charge >= 0.3 is 6.03 Å². The number of hydrogen-bond acceptors (Lipinski definition) is 7. The Bertz CT molecular complexity index is 1350. The maximum absolute atomic E-state index is 13.2. The molecule has 2 N–H and O–H groups in total. The Morgan fingerprint density at radius 2 is 1.62 bits per heavy atom. The molecule has 3 heterocycles. The number of hydrogen-bond donors (Lipinski definition) is 2. The molecule has 12 heteroatoms. The molecule has 196 valence electrons. The molecule has 1 unspecified atom stereocenters. The van der Waals surface area contributed by atoms with Crippen molar-refractivity contribution < 1.29 is 32.3 Å². The Hall–Kier alpha value is -3.64. The molecule has 3 aliphatic rings. The Morgan fingerprint density at radius 3 is 2.22 bits per heavy atom. The molecule has 0 saturated carbocycles. The minimum absolute atomic E-state index is 0.0176. The highest BCUT2D eigenvalue weighted by atomic mass is 32.2. The lowest BCUT2D eigenvalue weighted by atomic mass is 9.77. The molecule has 1 atom stereocenters. The summed E-state index contributed by atoms with van der Waals surface area (Å²) in [7, 11) is -0.685. The molecule has 5 rings (SSSR count). The molecule has 2 aromatic carbocycles. The molecule has 2 fully saturated rings. The molecule has 2 aromatic rings. The van der Waals surface area contributed by atoms with Crippen LogP contribution in [0.3, 0.4) is 0 Å². The van der Waals surface area contributed by atoms with Crippen molar-refractivity contribution in [2.45, 2.75) is 29.8 Å². The number of nitrogens with one attached hydrogen (secondary N) is 2. The average molecular weight is 529 g/mol. The first kappa shape index (κ1) is 25.0. The van der Waals surface area contributed by atoms with Gasteiger partial charge in [0, 0.05) is 25.2 Å². The van der Waals surface area contributed by atoms with E-state index in [1.807, 2.05) is 0 Å². The van der Waals surface area contributed by atoms with Crippen LogP contribution in [-0.4, -0.2) is 74.9 Å². The number of urea groups is 1. The summed E-state index contributed by atoms with van der Waals surface area (Å²) in [5.74, 6) is 0.0771. The zero-order valence-electron chi connectivity index (χ0n) is 20.5. The number of benzene rings is 2. The predicted octanol–water partition coefficient (Wildman–Crippen LogP) is 1.34. The molecule has 0 radical (unpaired) electrons. The fourth-order valence-corrected chi connectivity index (χ4v) is 6.90. The number of methoxy groups -OCH3 is 2. The standard InChI is InChI=1S/C25H28N4O7S/c1-35-18-3-6-20(7-4-18)37(33,34)29-11-9-17(10-12-29)25(23(31)26-24(32)27-25)15-28-14-16-13-19(36-2)5-8-21(16)22(28)30/h3-8,13,17H,9-12,14-15H2,1-2H3,(H2,26,27,31,32). The Kier molecular flexibility index (Phi) is 6.32. The van der Waals surface area contributed by atoms with Crippen LogP contribution >= 0.6 is 0 Å². The highest BCUT2D eigenvalue weighted by molar-refractivity contribution is 7.89. The number of carbonyl (C=O) groups is 3. The fourth-order valence-electron chi connectivity index (χ4n) is 5.43. The third kappa shape index (κ3) is 4.29. The summed E-state index contributed by atoms with van der Waals surface area (Å²) < 4.78 is 38.1. The second-order valence-corrected chi connectivity index (χ2v) is 11.4. The van der Waals surface area contributed by atoms with Crippen molar-refractivity contribution in [1.29, 1.82) is 0 Å². The summed E-state index contributed by atoms with van der Waals surface area (Å²) in [5, 5.41) is 5.10. The van der Waals surface area contributed by atoms with E-state index < -0.39 is 27.5 Å². The van der Waals surface area contributed by atoms with Gasteiger partial charge in [0.15, 0.2) is 0 Å². The van der Waals surface area contributed by atoms with E-state index in [-0.39, 0.29) is 42.9 Å². The molecule has 3 aliphatic heterocycles. The van der Waals surface area contributed by atoms with Crippen LogP contribution in [0.25, 0.3) is 0 Å². The van der Waals surface area contributed by atoms with Crippen LogP contribution in [0, 0.1) is 5.92 Å². The second kappa shape index (κ2) is 9.34. The predicted molar refractivity (Wildman–Crippen MR) is 132 cm³/mol. The molecule has 0 bridgehead atoms. The lowest BCUT2D eigenvalue weighted by Crippen LogP contribution is -2.62. The van der Waals surface area contributed by atoms with Crippen LogP contribution in [0.4, 0.5) is 4.79 Å². The number of imide groups is 1. The maximum atomic E-state index is 13.2. The van der Waals surface area contributed by atoms with Gasteiger partial charge in [-0.05, 0) is 66.8 Å². The zero-order valence-corrected chi connectivity index (χ0v) is 21.3. The highest BCUT2D eigenvalue weighted by Gasteiger charge is 2.54. The minimum Gasteiger partial charge on any atom is -0.497 e. The van der Waals surface area contributed by atoms with Gasteiger partial charge < -0.3 is 19.7 Å². The third-order valence-corrected chi connectivity index (χ3v) is 9.36. The number of fused-ring (bicyclic) bond motifs is 1. The molecular formula is C25H28N4O7S. The van der Waals surface area contributed by atoms with Crippen molar-refractivity contribution in [2.75, 3.05) is 33.9 Å². The molecule has 37 heavy (non-hydrogen) atoms. The summed E-state index contributed by atoms with van der Waals surface area (Å²) in [4.78, 5) is 40.2. The second-order valence-electron chi connectivity index (χ2n) is 9.42. The number of rotatable bonds is 7. The summed E-state index contributed by atoms with van der Waals surface area (Å²) >= 11 is 0. The minimum atomic E-state index is -3.74. The van der Waals surface area contributed by atoms with E-state index in [4.69, 9.17) is 9.47 Å². The van der Waals surface area contributed by atoms with Crippen LogP contribution in [0.1, 0.15) is 28.8 Å². The highest BCUT2D eigenvalue weighted by Crippen LogP contribution is 2.36. The summed E-state index contributed by atoms with van der Waals surface area (Å²) in [5.41, 5.74) is -0.0415. The number of nitrogens with zero attached hydrogens (tertiary/aromatic N) is 2. The van der Waals surface area contributed by atoms with E-state index in [1.165, 1.54) is 23.5 Å².